The lowest BCUT2D eigenvalue weighted by molar-refractivity contribution is -0.148. The number of aliphatic hydroxyl groups excluding tert-OH is 2. The van der Waals surface area contributed by atoms with Gasteiger partial charge in [-0.3, -0.25) is 48.2 Å². The molecule has 0 bridgehead atoms. The Balaban J connectivity index is 1.37. The van der Waals surface area contributed by atoms with Crippen molar-refractivity contribution >= 4 is 47.3 Å². The van der Waals surface area contributed by atoms with Gasteiger partial charge in [0.15, 0.2) is 0 Å². The molecule has 24 nitrogen and oxygen atoms in total. The predicted molar refractivity (Wildman–Crippen MR) is 420 cm³/mol. The van der Waals surface area contributed by atoms with Crippen LogP contribution >= 0.6 is 0 Å². The summed E-state index contributed by atoms with van der Waals surface area (Å²) >= 11 is 0. The molecule has 2 aliphatic heterocycles. The number of carbonyl (C=O) groups is 8. The fourth-order valence-electron chi connectivity index (χ4n) is 16.5. The number of hydrogen-bond acceptors (Lipinski definition) is 16. The number of ether oxygens (including phenoxy) is 4. The first-order valence-electron chi connectivity index (χ1n) is 39.8. The molecule has 0 aliphatic carbocycles. The van der Waals surface area contributed by atoms with Gasteiger partial charge >= 0.3 is 0 Å². The average molecular weight is 1500 g/mol. The molecule has 2 heterocycles. The molecule has 0 aromatic heterocycles. The number of likely N-dealkylation sites (tertiary alicyclic amines) is 2. The summed E-state index contributed by atoms with van der Waals surface area (Å²) in [6, 6.07) is 12.4. The largest absolute Gasteiger partial charge is 0.386 e. The highest BCUT2D eigenvalue weighted by atomic mass is 16.5. The van der Waals surface area contributed by atoms with E-state index in [1.165, 1.54) is 0 Å². The molecule has 0 spiro atoms. The highest BCUT2D eigenvalue weighted by molar-refractivity contribution is 5.91. The normalized spacial score (nSPS) is 20.0. The van der Waals surface area contributed by atoms with Crippen molar-refractivity contribution in [2.75, 3.05) is 82.8 Å². The van der Waals surface area contributed by atoms with Crippen LogP contribution in [0.25, 0.3) is 0 Å². The minimum atomic E-state index is -0.918. The Bertz CT molecular complexity index is 2840. The number of benzene rings is 2. The van der Waals surface area contributed by atoms with Crippen molar-refractivity contribution in [3.63, 3.8) is 0 Å². The van der Waals surface area contributed by atoms with Gasteiger partial charge in [0.1, 0.15) is 12.1 Å². The third-order valence-electron chi connectivity index (χ3n) is 23.2. The van der Waals surface area contributed by atoms with Gasteiger partial charge < -0.3 is 70.0 Å². The van der Waals surface area contributed by atoms with Crippen LogP contribution in [0, 0.1) is 47.3 Å². The summed E-state index contributed by atoms with van der Waals surface area (Å²) in [5.41, 5.74) is 1.38. The van der Waals surface area contributed by atoms with Crippen LogP contribution in [-0.2, 0) is 57.3 Å². The molecular formula is C83H142N10O14. The van der Waals surface area contributed by atoms with Crippen LogP contribution in [0.5, 0.6) is 0 Å². The van der Waals surface area contributed by atoms with Gasteiger partial charge in [-0.25, -0.2) is 0 Å². The van der Waals surface area contributed by atoms with Crippen LogP contribution < -0.4 is 21.3 Å². The summed E-state index contributed by atoms with van der Waals surface area (Å²) in [5, 5.41) is 34.3. The molecule has 2 aromatic rings. The minimum Gasteiger partial charge on any atom is -0.386 e. The van der Waals surface area contributed by atoms with Crippen molar-refractivity contribution in [2.24, 2.45) is 47.3 Å². The zero-order chi connectivity index (χ0) is 80.4. The van der Waals surface area contributed by atoms with Gasteiger partial charge in [-0.2, -0.15) is 0 Å². The molecule has 608 valence electrons. The molecule has 6 N–H and O–H groups in total. The molecular weight excluding hydrogens is 1360 g/mol. The lowest BCUT2D eigenvalue weighted by atomic mass is 9.89. The number of likely N-dealkylation sites (N-methyl/N-ethyl adjacent to an activating group) is 4. The highest BCUT2D eigenvalue weighted by Gasteiger charge is 2.47. The van der Waals surface area contributed by atoms with Crippen LogP contribution in [0.3, 0.4) is 0 Å². The number of unbranched alkanes of at least 4 members (excludes halogenated alkanes) is 2. The number of nitrogens with zero attached hydrogens (tertiary/aromatic N) is 6. The Labute approximate surface area is 642 Å². The van der Waals surface area contributed by atoms with E-state index < -0.39 is 109 Å². The molecule has 4 rings (SSSR count). The summed E-state index contributed by atoms with van der Waals surface area (Å²) in [4.78, 5) is 127. The van der Waals surface area contributed by atoms with Gasteiger partial charge in [0.2, 0.25) is 47.3 Å². The van der Waals surface area contributed by atoms with Crippen molar-refractivity contribution in [3.8, 4) is 0 Å². The summed E-state index contributed by atoms with van der Waals surface area (Å²) in [5.74, 6) is -4.36. The van der Waals surface area contributed by atoms with Crippen molar-refractivity contribution in [1.82, 2.24) is 50.7 Å². The topological polar surface area (TPSA) is 282 Å². The van der Waals surface area contributed by atoms with Gasteiger partial charge in [-0.1, -0.05) is 177 Å². The lowest BCUT2D eigenvalue weighted by Crippen LogP contribution is -2.60. The maximum Gasteiger partial charge on any atom is 0.245 e. The molecule has 0 unspecified atom stereocenters. The molecule has 2 aliphatic rings. The summed E-state index contributed by atoms with van der Waals surface area (Å²) in [7, 11) is 13.5. The highest BCUT2D eigenvalue weighted by Crippen LogP contribution is 2.33. The van der Waals surface area contributed by atoms with Crippen molar-refractivity contribution < 1.29 is 67.5 Å². The van der Waals surface area contributed by atoms with Crippen LogP contribution in [0.1, 0.15) is 205 Å². The first-order chi connectivity index (χ1) is 50.5. The number of aliphatic hydroxyl groups is 2. The van der Waals surface area contributed by atoms with Crippen molar-refractivity contribution in [3.05, 3.63) is 71.8 Å². The molecule has 20 atom stereocenters. The SMILES string of the molecule is CC[C@H](C)[C@@H]([C@@H](CC(=O)N1CCC[C@H]1[C@H](OC)[C@@H](C)C(=O)N[C@H](C)[C@@H](O)c1ccccc1)OC)N(C)C(=O)[C@@H](NC(=O)[C@H](C(C)C)N(C)CCCCCN(C)[C@H](C(=O)N[C@H](C(=O)N(C)[C@@H]([C@@H](C)CC)[C@@H](CC(=O)N1CCC[C@H]1[C@H](OC)[C@@H](C)C(=O)N[C@H](C)[C@@H](O)c1ccccc1)OC)C(C)C)C(C)C)C(C)C. The molecule has 2 aromatic carbocycles. The number of hydrogen-bond donors (Lipinski definition) is 6. The second-order valence-corrected chi connectivity index (χ2v) is 32.3. The van der Waals surface area contributed by atoms with Gasteiger partial charge in [-0.05, 0) is 126 Å². The van der Waals surface area contributed by atoms with E-state index in [1.54, 1.807) is 89.8 Å². The Morgan fingerprint density at radius 2 is 0.785 bits per heavy atom. The Morgan fingerprint density at radius 1 is 0.458 bits per heavy atom. The first kappa shape index (κ1) is 93.3. The monoisotopic (exact) mass is 1500 g/mol. The van der Waals surface area contributed by atoms with Crippen LogP contribution in [-0.4, -0.2) is 255 Å². The number of nitrogens with one attached hydrogen (secondary N) is 4. The second-order valence-electron chi connectivity index (χ2n) is 32.3. The maximum absolute atomic E-state index is 15.0. The van der Waals surface area contributed by atoms with Gasteiger partial charge in [0.25, 0.3) is 0 Å². The third kappa shape index (κ3) is 25.5. The predicted octanol–water partition coefficient (Wildman–Crippen LogP) is 8.67. The van der Waals surface area contributed by atoms with Gasteiger partial charge in [0, 0.05) is 55.6 Å². The smallest absolute Gasteiger partial charge is 0.245 e. The number of methoxy groups -OCH3 is 4. The molecule has 2 saturated heterocycles. The van der Waals surface area contributed by atoms with E-state index in [4.69, 9.17) is 18.9 Å². The fraction of sp³-hybridized carbons (Fsp3) is 0.759. The summed E-state index contributed by atoms with van der Waals surface area (Å²) in [6.07, 6.45) is 1.80. The van der Waals surface area contributed by atoms with E-state index in [2.05, 4.69) is 21.3 Å². The van der Waals surface area contributed by atoms with E-state index in [-0.39, 0.29) is 95.6 Å². The van der Waals surface area contributed by atoms with Crippen LogP contribution in [0.4, 0.5) is 0 Å². The summed E-state index contributed by atoms with van der Waals surface area (Å²) < 4.78 is 24.4. The first-order valence-corrected chi connectivity index (χ1v) is 39.8. The molecule has 107 heavy (non-hydrogen) atoms. The van der Waals surface area contributed by atoms with Crippen LogP contribution in [0.15, 0.2) is 60.7 Å². The van der Waals surface area contributed by atoms with Crippen molar-refractivity contribution in [2.45, 2.75) is 278 Å². The molecule has 0 saturated carbocycles. The van der Waals surface area contributed by atoms with Gasteiger partial charge in [-0.15, -0.1) is 0 Å². The molecule has 2 fully saturated rings. The van der Waals surface area contributed by atoms with E-state index in [0.717, 1.165) is 19.3 Å². The Kier molecular flexibility index (Phi) is 39.5. The zero-order valence-electron chi connectivity index (χ0n) is 69.7. The number of carbonyl (C=O) groups excluding carboxylic acids is 8. The molecule has 24 heteroatoms. The van der Waals surface area contributed by atoms with E-state index in [0.29, 0.717) is 75.8 Å². The zero-order valence-corrected chi connectivity index (χ0v) is 69.7. The summed E-state index contributed by atoms with van der Waals surface area (Å²) in [6.45, 7) is 33.0. The quantitative estimate of drug-likeness (QED) is 0.0338. The van der Waals surface area contributed by atoms with E-state index in [1.807, 2.05) is 168 Å². The standard InChI is InChI=1S/C83H142N10O14/c1-25-54(11)72(64(104-21)48-66(94)92-46-36-42-62(92)76(106-23)56(13)78(98)84-58(15)74(96)60-38-30-27-31-39-60)90(19)82(102)68(50(3)4)86-80(100)70(52(7)8)88(17)44-34-29-35-45-89(18)71(53(9)10)81(101)87-69(51(5)6)83(103)91(20)73(55(12)26-2)65(105-22)49-67(95)93-47-37-43-63(93)77(107-24)57(14)79(99)85-59(16)75(97)61-40-32-28-33-41-61/h27-28,30-33,38-41,50-59,62-65,68-77,96-97H,25-26,29,34-37,42-49H2,1-24H3,(H,84,98)(H,85,99)(H,86,100)(H,87,101)/t54-,55-,56+,57+,58+,59+,62-,63-,64+,65+,68-,69-,70-,71-,72-,73-,74+,75+,76+,77+/m0/s1. The van der Waals surface area contributed by atoms with E-state index >= 15 is 0 Å². The number of rotatable bonds is 46. The lowest BCUT2D eigenvalue weighted by Gasteiger charge is -2.41. The third-order valence-corrected chi connectivity index (χ3v) is 23.2. The van der Waals surface area contributed by atoms with Gasteiger partial charge in [0.05, 0.1) is 110 Å². The minimum absolute atomic E-state index is 0.0294. The fourth-order valence-corrected chi connectivity index (χ4v) is 16.5. The molecule has 8 amide bonds. The number of amides is 8. The molecule has 0 radical (unpaired) electrons. The average Bonchev–Trinajstić information content (AvgIpc) is 1.80. The second kappa shape index (κ2) is 45.3. The Hall–Kier alpha value is -6.12. The maximum atomic E-state index is 15.0. The van der Waals surface area contributed by atoms with Crippen molar-refractivity contribution in [1.29, 1.82) is 0 Å². The Morgan fingerprint density at radius 3 is 1.07 bits per heavy atom. The van der Waals surface area contributed by atoms with E-state index in [9.17, 15) is 48.6 Å². The van der Waals surface area contributed by atoms with Crippen LogP contribution in [0.2, 0.25) is 0 Å².